The summed E-state index contributed by atoms with van der Waals surface area (Å²) < 4.78 is 1.67. The minimum absolute atomic E-state index is 0.00582. The van der Waals surface area contributed by atoms with Crippen molar-refractivity contribution in [2.45, 2.75) is 38.6 Å². The van der Waals surface area contributed by atoms with Gasteiger partial charge in [-0.05, 0) is 31.7 Å². The number of nitrogens with zero attached hydrogens (tertiary/aromatic N) is 4. The molecule has 5 nitrogen and oxygen atoms in total. The summed E-state index contributed by atoms with van der Waals surface area (Å²) >= 11 is 1.81. The molecule has 4 rings (SSSR count). The van der Waals surface area contributed by atoms with Crippen LogP contribution in [0.3, 0.4) is 0 Å². The first kappa shape index (κ1) is 13.6. The highest BCUT2D eigenvalue weighted by Crippen LogP contribution is 2.26. The summed E-state index contributed by atoms with van der Waals surface area (Å²) in [5, 5.41) is 1.75. The summed E-state index contributed by atoms with van der Waals surface area (Å²) in [6, 6.07) is 1.73. The molecule has 1 aliphatic carbocycles. The third kappa shape index (κ3) is 2.43. The maximum Gasteiger partial charge on any atom is 0.261 e. The maximum atomic E-state index is 12.4. The van der Waals surface area contributed by atoms with E-state index in [1.54, 1.807) is 29.4 Å². The predicted molar refractivity (Wildman–Crippen MR) is 86.3 cm³/mol. The van der Waals surface area contributed by atoms with Gasteiger partial charge in [-0.1, -0.05) is 0 Å². The van der Waals surface area contributed by atoms with Gasteiger partial charge in [0, 0.05) is 24.0 Å². The van der Waals surface area contributed by atoms with Crippen molar-refractivity contribution in [2.24, 2.45) is 0 Å². The van der Waals surface area contributed by atoms with Crippen LogP contribution in [-0.4, -0.2) is 19.5 Å². The van der Waals surface area contributed by atoms with Crippen molar-refractivity contribution in [3.05, 3.63) is 50.7 Å². The van der Waals surface area contributed by atoms with E-state index in [1.807, 2.05) is 11.3 Å². The molecule has 0 fully saturated rings. The molecule has 3 aromatic rings. The Hall–Kier alpha value is -2.08. The number of fused-ring (bicyclic) bond motifs is 2. The number of rotatable bonds is 3. The molecule has 6 heteroatoms. The molecule has 0 spiro atoms. The van der Waals surface area contributed by atoms with Gasteiger partial charge in [0.05, 0.1) is 34.1 Å². The first-order valence-electron chi connectivity index (χ1n) is 7.58. The van der Waals surface area contributed by atoms with E-state index in [1.165, 1.54) is 23.4 Å². The lowest BCUT2D eigenvalue weighted by atomic mass is 10.0. The summed E-state index contributed by atoms with van der Waals surface area (Å²) in [6.45, 7) is 0.622. The van der Waals surface area contributed by atoms with Crippen LogP contribution in [0, 0.1) is 0 Å². The Labute approximate surface area is 131 Å². The summed E-state index contributed by atoms with van der Waals surface area (Å²) in [7, 11) is 0. The molecule has 0 saturated heterocycles. The Morgan fingerprint density at radius 3 is 3.09 bits per heavy atom. The molecule has 3 heterocycles. The van der Waals surface area contributed by atoms with Crippen molar-refractivity contribution in [2.75, 3.05) is 0 Å². The summed E-state index contributed by atoms with van der Waals surface area (Å²) in [4.78, 5) is 26.9. The van der Waals surface area contributed by atoms with Crippen LogP contribution < -0.4 is 5.56 Å². The van der Waals surface area contributed by atoms with Crippen LogP contribution in [0.5, 0.6) is 0 Å². The predicted octanol–water partition coefficient (Wildman–Crippen LogP) is 2.37. The molecule has 112 valence electrons. The topological polar surface area (TPSA) is 60.7 Å². The second-order valence-electron chi connectivity index (χ2n) is 5.57. The molecule has 0 saturated carbocycles. The first-order chi connectivity index (χ1) is 10.8. The third-order valence-electron chi connectivity index (χ3n) is 4.08. The van der Waals surface area contributed by atoms with Crippen molar-refractivity contribution in [3.8, 4) is 0 Å². The lowest BCUT2D eigenvalue weighted by molar-refractivity contribution is 0.653. The smallest absolute Gasteiger partial charge is 0.261 e. The number of hydrogen-bond donors (Lipinski definition) is 0. The first-order valence-corrected chi connectivity index (χ1v) is 8.39. The molecule has 0 bridgehead atoms. The van der Waals surface area contributed by atoms with Crippen LogP contribution in [-0.2, 0) is 25.8 Å². The van der Waals surface area contributed by atoms with Crippen LogP contribution in [0.4, 0.5) is 0 Å². The van der Waals surface area contributed by atoms with E-state index in [0.29, 0.717) is 17.4 Å². The number of thiazole rings is 1. The van der Waals surface area contributed by atoms with Crippen molar-refractivity contribution in [1.29, 1.82) is 0 Å². The normalized spacial score (nSPS) is 14.2. The van der Waals surface area contributed by atoms with E-state index in [2.05, 4.69) is 9.97 Å². The third-order valence-corrected chi connectivity index (χ3v) is 5.30. The molecular weight excluding hydrogens is 296 g/mol. The Bertz CT molecular complexity index is 860. The van der Waals surface area contributed by atoms with Crippen LogP contribution in [0.2, 0.25) is 0 Å². The average Bonchev–Trinajstić information content (AvgIpc) is 2.97. The van der Waals surface area contributed by atoms with Gasteiger partial charge in [-0.2, -0.15) is 0 Å². The van der Waals surface area contributed by atoms with Crippen molar-refractivity contribution in [1.82, 2.24) is 19.5 Å². The summed E-state index contributed by atoms with van der Waals surface area (Å²) in [5.41, 5.74) is 1.92. The van der Waals surface area contributed by atoms with E-state index in [0.717, 1.165) is 24.3 Å². The van der Waals surface area contributed by atoms with E-state index < -0.39 is 0 Å². The van der Waals surface area contributed by atoms with Crippen LogP contribution in [0.25, 0.3) is 10.9 Å². The van der Waals surface area contributed by atoms with Gasteiger partial charge in [-0.25, -0.2) is 9.97 Å². The Balaban J connectivity index is 1.58. The van der Waals surface area contributed by atoms with Crippen LogP contribution in [0.1, 0.15) is 28.4 Å². The summed E-state index contributed by atoms with van der Waals surface area (Å²) in [6.07, 6.45) is 10.4. The van der Waals surface area contributed by atoms with Gasteiger partial charge in [0.25, 0.3) is 5.56 Å². The zero-order valence-electron chi connectivity index (χ0n) is 12.2. The SMILES string of the molecule is O=c1c2ccncc2ncn1CCc1nc2c(s1)CCCC2. The largest absolute Gasteiger partial charge is 0.298 e. The number of aromatic nitrogens is 4. The lowest BCUT2D eigenvalue weighted by Crippen LogP contribution is -2.21. The van der Waals surface area contributed by atoms with E-state index in [-0.39, 0.29) is 5.56 Å². The van der Waals surface area contributed by atoms with Gasteiger partial charge in [0.2, 0.25) is 0 Å². The highest BCUT2D eigenvalue weighted by Gasteiger charge is 2.15. The van der Waals surface area contributed by atoms with E-state index in [9.17, 15) is 4.79 Å². The second-order valence-corrected chi connectivity index (χ2v) is 6.74. The average molecular weight is 312 g/mol. The van der Waals surface area contributed by atoms with Crippen molar-refractivity contribution in [3.63, 3.8) is 0 Å². The fourth-order valence-corrected chi connectivity index (χ4v) is 4.04. The Morgan fingerprint density at radius 2 is 2.18 bits per heavy atom. The maximum absolute atomic E-state index is 12.4. The second kappa shape index (κ2) is 5.61. The van der Waals surface area contributed by atoms with E-state index in [4.69, 9.17) is 4.98 Å². The zero-order chi connectivity index (χ0) is 14.9. The number of pyridine rings is 1. The molecular formula is C16H16N4OS. The monoisotopic (exact) mass is 312 g/mol. The van der Waals surface area contributed by atoms with Gasteiger partial charge < -0.3 is 0 Å². The Kier molecular flexibility index (Phi) is 3.46. The number of hydrogen-bond acceptors (Lipinski definition) is 5. The molecule has 3 aromatic heterocycles. The fraction of sp³-hybridized carbons (Fsp3) is 0.375. The standard InChI is InChI=1S/C16H16N4OS/c21-16-11-5-7-17-9-13(11)18-10-20(16)8-6-15-19-12-3-1-2-4-14(12)22-15/h5,7,9-10H,1-4,6,8H2. The molecule has 22 heavy (non-hydrogen) atoms. The minimum Gasteiger partial charge on any atom is -0.298 e. The fourth-order valence-electron chi connectivity index (χ4n) is 2.90. The van der Waals surface area contributed by atoms with Crippen LogP contribution >= 0.6 is 11.3 Å². The van der Waals surface area contributed by atoms with Gasteiger partial charge in [-0.3, -0.25) is 14.3 Å². The zero-order valence-corrected chi connectivity index (χ0v) is 13.0. The molecule has 0 N–H and O–H groups in total. The van der Waals surface area contributed by atoms with Gasteiger partial charge in [-0.15, -0.1) is 11.3 Å². The van der Waals surface area contributed by atoms with Crippen LogP contribution in [0.15, 0.2) is 29.6 Å². The molecule has 0 aliphatic heterocycles. The Morgan fingerprint density at radius 1 is 1.27 bits per heavy atom. The van der Waals surface area contributed by atoms with E-state index >= 15 is 0 Å². The molecule has 0 radical (unpaired) electrons. The molecule has 0 aromatic carbocycles. The molecule has 0 unspecified atom stereocenters. The molecule has 0 atom stereocenters. The highest BCUT2D eigenvalue weighted by molar-refractivity contribution is 7.11. The quantitative estimate of drug-likeness (QED) is 0.745. The lowest BCUT2D eigenvalue weighted by Gasteiger charge is -2.06. The van der Waals surface area contributed by atoms with Gasteiger partial charge in [0.1, 0.15) is 0 Å². The van der Waals surface area contributed by atoms with Gasteiger partial charge >= 0.3 is 0 Å². The van der Waals surface area contributed by atoms with Gasteiger partial charge in [0.15, 0.2) is 0 Å². The highest BCUT2D eigenvalue weighted by atomic mass is 32.1. The molecule has 0 amide bonds. The van der Waals surface area contributed by atoms with Crippen molar-refractivity contribution < 1.29 is 0 Å². The minimum atomic E-state index is -0.00582. The molecule has 1 aliphatic rings. The summed E-state index contributed by atoms with van der Waals surface area (Å²) in [5.74, 6) is 0. The van der Waals surface area contributed by atoms with Crippen molar-refractivity contribution >= 4 is 22.2 Å². The number of aryl methyl sites for hydroxylation is 4.